The topological polar surface area (TPSA) is 105 Å². The molecule has 90 valence electrons. The Balaban J connectivity index is 4.28. The van der Waals surface area contributed by atoms with Gasteiger partial charge in [0, 0.05) is 12.6 Å². The van der Waals surface area contributed by atoms with E-state index in [-0.39, 0.29) is 6.61 Å². The molecule has 3 N–H and O–H groups in total. The first-order chi connectivity index (χ1) is 6.95. The maximum Gasteiger partial charge on any atom is 0.421 e. The molecular formula is C7H16N2O5S. The van der Waals surface area contributed by atoms with Crippen molar-refractivity contribution in [2.75, 3.05) is 13.7 Å². The fourth-order valence-corrected chi connectivity index (χ4v) is 1.99. The number of aliphatic hydroxyl groups excluding tert-OH is 1. The number of amides is 1. The van der Waals surface area contributed by atoms with E-state index in [2.05, 4.69) is 9.46 Å². The highest BCUT2D eigenvalue weighted by atomic mass is 32.2. The Kier molecular flexibility index (Phi) is 6.21. The monoisotopic (exact) mass is 240 g/mol. The molecule has 0 aliphatic heterocycles. The number of hydrogen-bond donors (Lipinski definition) is 3. The highest BCUT2D eigenvalue weighted by molar-refractivity contribution is 7.88. The molecule has 0 aromatic heterocycles. The van der Waals surface area contributed by atoms with E-state index in [0.29, 0.717) is 12.8 Å². The van der Waals surface area contributed by atoms with E-state index >= 15 is 0 Å². The Morgan fingerprint density at radius 1 is 1.53 bits per heavy atom. The van der Waals surface area contributed by atoms with Gasteiger partial charge in [-0.1, -0.05) is 6.92 Å². The number of aliphatic hydroxyl groups is 1. The molecule has 0 spiro atoms. The highest BCUT2D eigenvalue weighted by Gasteiger charge is 2.18. The lowest BCUT2D eigenvalue weighted by atomic mass is 10.2. The minimum Gasteiger partial charge on any atom is -0.452 e. The summed E-state index contributed by atoms with van der Waals surface area (Å²) in [5.41, 5.74) is 0. The summed E-state index contributed by atoms with van der Waals surface area (Å²) in [6.45, 7) is 1.64. The maximum atomic E-state index is 11.2. The molecule has 1 amide bonds. The number of rotatable bonds is 6. The predicted octanol–water partition coefficient (Wildman–Crippen LogP) is -0.662. The van der Waals surface area contributed by atoms with Gasteiger partial charge in [0.2, 0.25) is 0 Å². The van der Waals surface area contributed by atoms with Gasteiger partial charge in [0.25, 0.3) is 0 Å². The SMILES string of the molecule is CCC(CCO)NS(=O)(=O)NC(=O)OC. The largest absolute Gasteiger partial charge is 0.452 e. The van der Waals surface area contributed by atoms with Crippen LogP contribution in [0.4, 0.5) is 4.79 Å². The van der Waals surface area contributed by atoms with E-state index in [1.807, 2.05) is 0 Å². The average molecular weight is 240 g/mol. The number of ether oxygens (including phenoxy) is 1. The lowest BCUT2D eigenvalue weighted by Gasteiger charge is -2.15. The van der Waals surface area contributed by atoms with E-state index in [1.54, 1.807) is 11.6 Å². The molecule has 15 heavy (non-hydrogen) atoms. The van der Waals surface area contributed by atoms with Crippen molar-refractivity contribution in [2.45, 2.75) is 25.8 Å². The van der Waals surface area contributed by atoms with Crippen molar-refractivity contribution in [3.8, 4) is 0 Å². The molecule has 0 heterocycles. The molecule has 0 aliphatic rings. The van der Waals surface area contributed by atoms with Crippen LogP contribution in [0.25, 0.3) is 0 Å². The van der Waals surface area contributed by atoms with Crippen LogP contribution in [-0.4, -0.2) is 39.4 Å². The highest BCUT2D eigenvalue weighted by Crippen LogP contribution is 1.98. The first-order valence-corrected chi connectivity index (χ1v) is 5.92. The second kappa shape index (κ2) is 6.59. The summed E-state index contributed by atoms with van der Waals surface area (Å²) in [7, 11) is -2.85. The molecule has 7 nitrogen and oxygen atoms in total. The third-order valence-corrected chi connectivity index (χ3v) is 2.77. The number of hydrogen-bond acceptors (Lipinski definition) is 5. The standard InChI is InChI=1S/C7H16N2O5S/c1-3-6(4-5-10)8-15(12,13)9-7(11)14-2/h6,8,10H,3-5H2,1-2H3,(H,9,11). The second-order valence-electron chi connectivity index (χ2n) is 2.83. The third kappa shape index (κ3) is 6.26. The van der Waals surface area contributed by atoms with E-state index in [9.17, 15) is 13.2 Å². The lowest BCUT2D eigenvalue weighted by molar-refractivity contribution is 0.177. The average Bonchev–Trinajstić information content (AvgIpc) is 2.15. The molecule has 0 rings (SSSR count). The van der Waals surface area contributed by atoms with Gasteiger partial charge in [-0.05, 0) is 12.8 Å². The van der Waals surface area contributed by atoms with Gasteiger partial charge in [0.15, 0.2) is 0 Å². The Morgan fingerprint density at radius 3 is 2.53 bits per heavy atom. The maximum absolute atomic E-state index is 11.2. The Bertz CT molecular complexity index is 290. The minimum absolute atomic E-state index is 0.126. The molecule has 0 fully saturated rings. The van der Waals surface area contributed by atoms with Crippen molar-refractivity contribution in [1.29, 1.82) is 0 Å². The van der Waals surface area contributed by atoms with Crippen LogP contribution in [0, 0.1) is 0 Å². The van der Waals surface area contributed by atoms with Crippen LogP contribution in [0.3, 0.4) is 0 Å². The number of carbonyl (C=O) groups excluding carboxylic acids is 1. The van der Waals surface area contributed by atoms with E-state index in [1.165, 1.54) is 0 Å². The van der Waals surface area contributed by atoms with Gasteiger partial charge in [-0.3, -0.25) is 0 Å². The Labute approximate surface area is 89.0 Å². The third-order valence-electron chi connectivity index (χ3n) is 1.70. The normalized spacial score (nSPS) is 13.3. The van der Waals surface area contributed by atoms with Gasteiger partial charge in [-0.15, -0.1) is 0 Å². The minimum atomic E-state index is -3.91. The Hall–Kier alpha value is -0.860. The quantitative estimate of drug-likeness (QED) is 0.571. The first kappa shape index (κ1) is 14.1. The molecule has 0 saturated carbocycles. The zero-order chi connectivity index (χ0) is 11.9. The fraction of sp³-hybridized carbons (Fsp3) is 0.857. The molecule has 0 aromatic rings. The van der Waals surface area contributed by atoms with Crippen molar-refractivity contribution >= 4 is 16.3 Å². The van der Waals surface area contributed by atoms with Gasteiger partial charge in [-0.2, -0.15) is 13.1 Å². The number of carbonyl (C=O) groups is 1. The molecule has 0 radical (unpaired) electrons. The van der Waals surface area contributed by atoms with Gasteiger partial charge < -0.3 is 9.84 Å². The van der Waals surface area contributed by atoms with Crippen molar-refractivity contribution in [2.24, 2.45) is 0 Å². The second-order valence-corrected chi connectivity index (χ2v) is 4.28. The summed E-state index contributed by atoms with van der Waals surface area (Å²) in [6.07, 6.45) is -0.248. The molecule has 0 saturated heterocycles. The van der Waals surface area contributed by atoms with Gasteiger partial charge in [0.1, 0.15) is 0 Å². The van der Waals surface area contributed by atoms with Crippen LogP contribution in [0.1, 0.15) is 19.8 Å². The van der Waals surface area contributed by atoms with Crippen LogP contribution in [0.2, 0.25) is 0 Å². The number of nitrogens with one attached hydrogen (secondary N) is 2. The van der Waals surface area contributed by atoms with Gasteiger partial charge >= 0.3 is 16.3 Å². The van der Waals surface area contributed by atoms with Crippen LogP contribution >= 0.6 is 0 Å². The molecule has 1 atom stereocenters. The van der Waals surface area contributed by atoms with E-state index < -0.39 is 22.3 Å². The Morgan fingerprint density at radius 2 is 2.13 bits per heavy atom. The lowest BCUT2D eigenvalue weighted by Crippen LogP contribution is -2.45. The van der Waals surface area contributed by atoms with Crippen LogP contribution < -0.4 is 9.44 Å². The van der Waals surface area contributed by atoms with Crippen molar-refractivity contribution in [1.82, 2.24) is 9.44 Å². The van der Waals surface area contributed by atoms with E-state index in [0.717, 1.165) is 7.11 Å². The van der Waals surface area contributed by atoms with Crippen molar-refractivity contribution in [3.63, 3.8) is 0 Å². The van der Waals surface area contributed by atoms with Crippen LogP contribution in [0.15, 0.2) is 0 Å². The van der Waals surface area contributed by atoms with Crippen LogP contribution in [-0.2, 0) is 14.9 Å². The molecule has 0 aliphatic carbocycles. The summed E-state index contributed by atoms with van der Waals surface area (Å²) in [6, 6.07) is -0.405. The summed E-state index contributed by atoms with van der Waals surface area (Å²) in [5, 5.41) is 8.65. The summed E-state index contributed by atoms with van der Waals surface area (Å²) in [5.74, 6) is 0. The summed E-state index contributed by atoms with van der Waals surface area (Å²) < 4.78 is 30.5. The zero-order valence-corrected chi connectivity index (χ0v) is 9.50. The fourth-order valence-electron chi connectivity index (χ4n) is 0.902. The smallest absolute Gasteiger partial charge is 0.421 e. The van der Waals surface area contributed by atoms with Crippen molar-refractivity contribution in [3.05, 3.63) is 0 Å². The van der Waals surface area contributed by atoms with Gasteiger partial charge in [0.05, 0.1) is 7.11 Å². The van der Waals surface area contributed by atoms with Crippen molar-refractivity contribution < 1.29 is 23.1 Å². The summed E-state index contributed by atoms with van der Waals surface area (Å²) in [4.78, 5) is 10.7. The molecular weight excluding hydrogens is 224 g/mol. The molecule has 0 aromatic carbocycles. The van der Waals surface area contributed by atoms with E-state index in [4.69, 9.17) is 5.11 Å². The molecule has 1 unspecified atom stereocenters. The predicted molar refractivity (Wildman–Crippen MR) is 53.4 cm³/mol. The first-order valence-electron chi connectivity index (χ1n) is 4.44. The number of methoxy groups -OCH3 is 1. The zero-order valence-electron chi connectivity index (χ0n) is 8.69. The molecule has 8 heteroatoms. The molecule has 0 bridgehead atoms. The summed E-state index contributed by atoms with van der Waals surface area (Å²) >= 11 is 0. The van der Waals surface area contributed by atoms with Gasteiger partial charge in [-0.25, -0.2) is 9.52 Å². The van der Waals surface area contributed by atoms with Crippen LogP contribution in [0.5, 0.6) is 0 Å².